The van der Waals surface area contributed by atoms with E-state index >= 15 is 0 Å². The van der Waals surface area contributed by atoms with Crippen LogP contribution in [-0.2, 0) is 6.54 Å². The number of hydrogen-bond donors (Lipinski definition) is 2. The zero-order valence-electron chi connectivity index (χ0n) is 13.0. The van der Waals surface area contributed by atoms with E-state index in [0.29, 0.717) is 12.2 Å². The molecule has 0 saturated carbocycles. The first kappa shape index (κ1) is 16.0. The smallest absolute Gasteiger partial charge is 0.270 e. The number of nitrogens with one attached hydrogen (secondary N) is 2. The van der Waals surface area contributed by atoms with Crippen LogP contribution in [0.1, 0.15) is 16.1 Å². The molecular weight excluding hydrogens is 276 g/mol. The molecule has 0 radical (unpaired) electrons. The number of carbonyl (C=O) groups is 1. The van der Waals surface area contributed by atoms with E-state index in [-0.39, 0.29) is 5.91 Å². The van der Waals surface area contributed by atoms with Crippen molar-refractivity contribution in [2.45, 2.75) is 6.54 Å². The molecule has 0 aliphatic rings. The summed E-state index contributed by atoms with van der Waals surface area (Å²) >= 11 is 0. The van der Waals surface area contributed by atoms with E-state index in [2.05, 4.69) is 20.5 Å². The zero-order chi connectivity index (χ0) is 15.8. The Hall–Kier alpha value is -2.40. The van der Waals surface area contributed by atoms with Crippen LogP contribution in [0, 0.1) is 0 Å². The van der Waals surface area contributed by atoms with Gasteiger partial charge in [-0.25, -0.2) is 0 Å². The lowest BCUT2D eigenvalue weighted by Gasteiger charge is -2.12. The van der Waals surface area contributed by atoms with Crippen molar-refractivity contribution in [1.82, 2.24) is 15.2 Å². The van der Waals surface area contributed by atoms with E-state index < -0.39 is 0 Å². The number of rotatable bonds is 7. The largest absolute Gasteiger partial charge is 0.384 e. The predicted molar refractivity (Wildman–Crippen MR) is 88.9 cm³/mol. The molecule has 0 aliphatic heterocycles. The molecule has 5 nitrogen and oxygen atoms in total. The molecule has 5 heteroatoms. The standard InChI is InChI=1S/C17H22N4O/c1-21(2)11-10-18-15-8-9-19-16(12-15)17(22)20-13-14-6-4-3-5-7-14/h3-9,12H,10-11,13H2,1-2H3,(H,18,19)(H,20,22). The topological polar surface area (TPSA) is 57.3 Å². The van der Waals surface area contributed by atoms with Crippen molar-refractivity contribution >= 4 is 11.6 Å². The van der Waals surface area contributed by atoms with Gasteiger partial charge in [0.25, 0.3) is 5.91 Å². The molecule has 2 N–H and O–H groups in total. The summed E-state index contributed by atoms with van der Waals surface area (Å²) in [6, 6.07) is 13.5. The Labute approximate surface area is 131 Å². The molecule has 116 valence electrons. The summed E-state index contributed by atoms with van der Waals surface area (Å²) < 4.78 is 0. The van der Waals surface area contributed by atoms with Gasteiger partial charge in [-0.1, -0.05) is 30.3 Å². The Bertz CT molecular complexity index is 599. The molecule has 0 aliphatic carbocycles. The van der Waals surface area contributed by atoms with Gasteiger partial charge in [0.1, 0.15) is 5.69 Å². The van der Waals surface area contributed by atoms with Gasteiger partial charge >= 0.3 is 0 Å². The Kier molecular flexibility index (Phi) is 5.91. The van der Waals surface area contributed by atoms with Crippen molar-refractivity contribution in [2.24, 2.45) is 0 Å². The van der Waals surface area contributed by atoms with Crippen LogP contribution < -0.4 is 10.6 Å². The van der Waals surface area contributed by atoms with E-state index in [0.717, 1.165) is 24.3 Å². The molecule has 0 bridgehead atoms. The summed E-state index contributed by atoms with van der Waals surface area (Å²) in [5.74, 6) is -0.167. The average molecular weight is 298 g/mol. The van der Waals surface area contributed by atoms with Gasteiger partial charge in [0.2, 0.25) is 0 Å². The van der Waals surface area contributed by atoms with Crippen molar-refractivity contribution in [3.63, 3.8) is 0 Å². The third-order valence-corrected chi connectivity index (χ3v) is 3.18. The second-order valence-electron chi connectivity index (χ2n) is 5.33. The highest BCUT2D eigenvalue weighted by Gasteiger charge is 2.07. The highest BCUT2D eigenvalue weighted by Crippen LogP contribution is 2.08. The van der Waals surface area contributed by atoms with Gasteiger partial charge in [-0.2, -0.15) is 0 Å². The van der Waals surface area contributed by atoms with Crippen molar-refractivity contribution < 1.29 is 4.79 Å². The normalized spacial score (nSPS) is 10.5. The monoisotopic (exact) mass is 298 g/mol. The summed E-state index contributed by atoms with van der Waals surface area (Å²) in [7, 11) is 4.05. The maximum atomic E-state index is 12.1. The van der Waals surface area contributed by atoms with Gasteiger partial charge in [0.05, 0.1) is 0 Å². The number of nitrogens with zero attached hydrogens (tertiary/aromatic N) is 2. The van der Waals surface area contributed by atoms with Crippen molar-refractivity contribution in [2.75, 3.05) is 32.5 Å². The summed E-state index contributed by atoms with van der Waals surface area (Å²) in [6.45, 7) is 2.25. The van der Waals surface area contributed by atoms with Gasteiger partial charge in [-0.15, -0.1) is 0 Å². The highest BCUT2D eigenvalue weighted by molar-refractivity contribution is 5.93. The Morgan fingerprint density at radius 2 is 1.95 bits per heavy atom. The molecule has 1 heterocycles. The molecule has 2 rings (SSSR count). The van der Waals surface area contributed by atoms with Crippen LogP contribution in [0.4, 0.5) is 5.69 Å². The van der Waals surface area contributed by atoms with Crippen molar-refractivity contribution in [3.8, 4) is 0 Å². The highest BCUT2D eigenvalue weighted by atomic mass is 16.1. The van der Waals surface area contributed by atoms with Crippen LogP contribution in [0.5, 0.6) is 0 Å². The molecule has 0 atom stereocenters. The number of carbonyl (C=O) groups excluding carboxylic acids is 1. The fourth-order valence-electron chi connectivity index (χ4n) is 1.96. The fourth-order valence-corrected chi connectivity index (χ4v) is 1.96. The second kappa shape index (κ2) is 8.14. The first-order chi connectivity index (χ1) is 10.6. The van der Waals surface area contributed by atoms with E-state index in [1.807, 2.05) is 50.5 Å². The lowest BCUT2D eigenvalue weighted by molar-refractivity contribution is 0.0946. The molecule has 1 amide bonds. The minimum absolute atomic E-state index is 0.167. The molecule has 1 aromatic carbocycles. The molecule has 0 saturated heterocycles. The fraction of sp³-hybridized carbons (Fsp3) is 0.294. The lowest BCUT2D eigenvalue weighted by atomic mass is 10.2. The van der Waals surface area contributed by atoms with Crippen LogP contribution in [0.15, 0.2) is 48.7 Å². The predicted octanol–water partition coefficient (Wildman–Crippen LogP) is 1.99. The van der Waals surface area contributed by atoms with E-state index in [4.69, 9.17) is 0 Å². The molecule has 1 aromatic heterocycles. The van der Waals surface area contributed by atoms with Gasteiger partial charge < -0.3 is 15.5 Å². The zero-order valence-corrected chi connectivity index (χ0v) is 13.0. The quantitative estimate of drug-likeness (QED) is 0.821. The second-order valence-corrected chi connectivity index (χ2v) is 5.33. The van der Waals surface area contributed by atoms with E-state index in [9.17, 15) is 4.79 Å². The van der Waals surface area contributed by atoms with Crippen LogP contribution in [0.25, 0.3) is 0 Å². The van der Waals surface area contributed by atoms with Gasteiger partial charge in [-0.3, -0.25) is 9.78 Å². The third kappa shape index (κ3) is 5.18. The molecule has 22 heavy (non-hydrogen) atoms. The molecule has 0 unspecified atom stereocenters. The number of benzene rings is 1. The minimum Gasteiger partial charge on any atom is -0.384 e. The third-order valence-electron chi connectivity index (χ3n) is 3.18. The van der Waals surface area contributed by atoms with Gasteiger partial charge in [0.15, 0.2) is 0 Å². The molecule has 0 fully saturated rings. The van der Waals surface area contributed by atoms with Crippen LogP contribution in [0.2, 0.25) is 0 Å². The van der Waals surface area contributed by atoms with E-state index in [1.54, 1.807) is 12.3 Å². The Morgan fingerprint density at radius 1 is 1.18 bits per heavy atom. The Morgan fingerprint density at radius 3 is 2.68 bits per heavy atom. The maximum absolute atomic E-state index is 12.1. The lowest BCUT2D eigenvalue weighted by Crippen LogP contribution is -2.24. The first-order valence-electron chi connectivity index (χ1n) is 7.32. The number of pyridine rings is 1. The van der Waals surface area contributed by atoms with E-state index in [1.165, 1.54) is 0 Å². The number of hydrogen-bond acceptors (Lipinski definition) is 4. The molecule has 2 aromatic rings. The van der Waals surface area contributed by atoms with Crippen LogP contribution >= 0.6 is 0 Å². The van der Waals surface area contributed by atoms with Crippen molar-refractivity contribution in [1.29, 1.82) is 0 Å². The summed E-state index contributed by atoms with van der Waals surface area (Å²) in [5, 5.41) is 6.16. The number of amides is 1. The maximum Gasteiger partial charge on any atom is 0.270 e. The van der Waals surface area contributed by atoms with Crippen LogP contribution in [-0.4, -0.2) is 43.0 Å². The summed E-state index contributed by atoms with van der Waals surface area (Å²) in [5.41, 5.74) is 2.39. The van der Waals surface area contributed by atoms with Gasteiger partial charge in [0, 0.05) is 31.5 Å². The summed E-state index contributed by atoms with van der Waals surface area (Å²) in [6.07, 6.45) is 1.65. The van der Waals surface area contributed by atoms with Crippen molar-refractivity contribution in [3.05, 3.63) is 59.9 Å². The number of aromatic nitrogens is 1. The summed E-state index contributed by atoms with van der Waals surface area (Å²) in [4.78, 5) is 18.4. The Balaban J connectivity index is 1.89. The first-order valence-corrected chi connectivity index (χ1v) is 7.32. The minimum atomic E-state index is -0.167. The van der Waals surface area contributed by atoms with Gasteiger partial charge in [-0.05, 0) is 31.8 Å². The number of anilines is 1. The molecule has 0 spiro atoms. The molecular formula is C17H22N4O. The SMILES string of the molecule is CN(C)CCNc1ccnc(C(=O)NCc2ccccc2)c1. The number of likely N-dealkylation sites (N-methyl/N-ethyl adjacent to an activating group) is 1. The van der Waals surface area contributed by atoms with Crippen LogP contribution in [0.3, 0.4) is 0 Å². The average Bonchev–Trinajstić information content (AvgIpc) is 2.53.